The molecular weight excluding hydrogens is 506 g/mol. The van der Waals surface area contributed by atoms with Crippen LogP contribution in [0.4, 0.5) is 4.79 Å². The van der Waals surface area contributed by atoms with Gasteiger partial charge in [0, 0.05) is 4.47 Å². The predicted octanol–water partition coefficient (Wildman–Crippen LogP) is 4.30. The Morgan fingerprint density at radius 2 is 2.00 bits per heavy atom. The lowest BCUT2D eigenvalue weighted by atomic mass is 10.2. The van der Waals surface area contributed by atoms with Crippen molar-refractivity contribution < 1.29 is 29.0 Å². The van der Waals surface area contributed by atoms with Crippen LogP contribution in [0.1, 0.15) is 26.3 Å². The zero-order chi connectivity index (χ0) is 20.3. The van der Waals surface area contributed by atoms with E-state index in [1.54, 1.807) is 26.8 Å². The number of halogens is 2. The lowest BCUT2D eigenvalue weighted by molar-refractivity contribution is -0.149. The van der Waals surface area contributed by atoms with Gasteiger partial charge in [0.05, 0.1) is 22.1 Å². The molecule has 0 bridgehead atoms. The first-order chi connectivity index (χ1) is 12.6. The lowest BCUT2D eigenvalue weighted by Gasteiger charge is -2.13. The third-order valence-electron chi connectivity index (χ3n) is 3.29. The average molecular weight is 523 g/mol. The molecule has 1 saturated heterocycles. The molecule has 0 spiro atoms. The molecule has 1 N–H and O–H groups in total. The summed E-state index contributed by atoms with van der Waals surface area (Å²) in [7, 11) is 0. The van der Waals surface area contributed by atoms with Gasteiger partial charge in [-0.15, -0.1) is 0 Å². The molecule has 0 atom stereocenters. The second-order valence-corrected chi connectivity index (χ2v) is 8.26. The average Bonchev–Trinajstić information content (AvgIpc) is 2.84. The van der Waals surface area contributed by atoms with E-state index in [0.29, 0.717) is 21.1 Å². The molecule has 1 heterocycles. The number of benzene rings is 1. The van der Waals surface area contributed by atoms with Gasteiger partial charge in [-0.25, -0.2) is 0 Å². The van der Waals surface area contributed by atoms with Gasteiger partial charge in [-0.1, -0.05) is 0 Å². The molecule has 27 heavy (non-hydrogen) atoms. The van der Waals surface area contributed by atoms with Gasteiger partial charge < -0.3 is 14.6 Å². The van der Waals surface area contributed by atoms with E-state index in [4.69, 9.17) is 9.47 Å². The van der Waals surface area contributed by atoms with Crippen LogP contribution in [0.15, 0.2) is 19.9 Å². The summed E-state index contributed by atoms with van der Waals surface area (Å²) >= 11 is 7.33. The Kier molecular flexibility index (Phi) is 7.35. The third-order valence-corrected chi connectivity index (χ3v) is 6.35. The van der Waals surface area contributed by atoms with Gasteiger partial charge in [-0.05, 0) is 82.1 Å². The minimum absolute atomic E-state index is 0.0783. The van der Waals surface area contributed by atoms with E-state index in [1.807, 2.05) is 0 Å². The summed E-state index contributed by atoms with van der Waals surface area (Å²) in [5.74, 6) is -1.08. The van der Waals surface area contributed by atoms with Crippen LogP contribution < -0.4 is 4.74 Å². The number of esters is 1. The molecule has 1 fully saturated rings. The highest BCUT2D eigenvalue weighted by atomic mass is 79.9. The van der Waals surface area contributed by atoms with Crippen LogP contribution in [0.3, 0.4) is 0 Å². The smallest absolute Gasteiger partial charge is 0.326 e. The second kappa shape index (κ2) is 9.11. The van der Waals surface area contributed by atoms with Crippen molar-refractivity contribution in [3.63, 3.8) is 0 Å². The Bertz CT molecular complexity index is 824. The Morgan fingerprint density at radius 1 is 1.33 bits per heavy atom. The summed E-state index contributed by atoms with van der Waals surface area (Å²) in [6, 6.07) is 1.55. The van der Waals surface area contributed by atoms with Gasteiger partial charge in [0.2, 0.25) is 0 Å². The molecule has 0 saturated carbocycles. The Hall–Kier alpha value is -1.52. The largest absolute Gasteiger partial charge is 0.503 e. The Balaban J connectivity index is 2.31. The van der Waals surface area contributed by atoms with Crippen LogP contribution in [-0.4, -0.2) is 46.4 Å². The molecule has 0 aliphatic carbocycles. The molecular formula is C17H17Br2NO6S. The fourth-order valence-corrected chi connectivity index (χ4v) is 3.86. The second-order valence-electron chi connectivity index (χ2n) is 5.68. The molecule has 10 heteroatoms. The van der Waals surface area contributed by atoms with Crippen molar-refractivity contribution in [3.8, 4) is 11.5 Å². The fourth-order valence-electron chi connectivity index (χ4n) is 2.19. The van der Waals surface area contributed by atoms with Crippen molar-refractivity contribution >= 4 is 66.8 Å². The van der Waals surface area contributed by atoms with E-state index < -0.39 is 23.7 Å². The van der Waals surface area contributed by atoms with Crippen LogP contribution in [0.25, 0.3) is 6.08 Å². The molecule has 1 aliphatic rings. The van der Waals surface area contributed by atoms with Crippen molar-refractivity contribution in [1.82, 2.24) is 4.90 Å². The first-order valence-corrected chi connectivity index (χ1v) is 10.3. The Morgan fingerprint density at radius 3 is 2.59 bits per heavy atom. The topological polar surface area (TPSA) is 93.1 Å². The molecule has 0 unspecified atom stereocenters. The number of carbonyl (C=O) groups is 3. The maximum Gasteiger partial charge on any atom is 0.326 e. The number of rotatable bonds is 6. The number of carbonyl (C=O) groups excluding carboxylic acids is 3. The maximum atomic E-state index is 12.5. The normalized spacial score (nSPS) is 15.8. The highest BCUT2D eigenvalue weighted by Gasteiger charge is 2.37. The van der Waals surface area contributed by atoms with Gasteiger partial charge in [-0.2, -0.15) is 0 Å². The molecule has 7 nitrogen and oxygen atoms in total. The third kappa shape index (κ3) is 5.05. The molecule has 0 radical (unpaired) electrons. The van der Waals surface area contributed by atoms with E-state index in [0.717, 1.165) is 16.7 Å². The quantitative estimate of drug-likeness (QED) is 0.439. The highest BCUT2D eigenvalue weighted by molar-refractivity contribution is 9.13. The molecule has 0 aromatic heterocycles. The van der Waals surface area contributed by atoms with E-state index in [-0.39, 0.29) is 22.5 Å². The van der Waals surface area contributed by atoms with Crippen molar-refractivity contribution in [2.24, 2.45) is 0 Å². The number of thioether (sulfide) groups is 1. The number of hydrogen-bond acceptors (Lipinski definition) is 7. The number of imide groups is 1. The number of ether oxygens (including phenoxy) is 2. The summed E-state index contributed by atoms with van der Waals surface area (Å²) in [6.45, 7) is 5.04. The molecule has 1 aromatic rings. The van der Waals surface area contributed by atoms with Crippen LogP contribution in [0.5, 0.6) is 11.5 Å². The van der Waals surface area contributed by atoms with Crippen molar-refractivity contribution in [2.45, 2.75) is 26.9 Å². The zero-order valence-electron chi connectivity index (χ0n) is 14.7. The van der Waals surface area contributed by atoms with E-state index in [1.165, 1.54) is 6.08 Å². The summed E-state index contributed by atoms with van der Waals surface area (Å²) in [6.07, 6.45) is 1.16. The van der Waals surface area contributed by atoms with Crippen molar-refractivity contribution in [3.05, 3.63) is 25.5 Å². The number of hydrogen-bond donors (Lipinski definition) is 1. The lowest BCUT2D eigenvalue weighted by Crippen LogP contribution is -2.35. The summed E-state index contributed by atoms with van der Waals surface area (Å²) in [4.78, 5) is 37.4. The molecule has 2 rings (SSSR count). The van der Waals surface area contributed by atoms with Gasteiger partial charge in [-0.3, -0.25) is 19.3 Å². The van der Waals surface area contributed by atoms with Crippen molar-refractivity contribution in [1.29, 1.82) is 0 Å². The number of amides is 2. The number of phenolic OH excluding ortho intramolecular Hbond substituents is 1. The summed E-state index contributed by atoms with van der Waals surface area (Å²) < 4.78 is 11.2. The standard InChI is InChI=1S/C17H17Br2NO6S/c1-4-25-10-5-9(13(18)14(19)15(10)22)6-11-16(23)20(17(24)27-11)7-12(21)26-8(2)3/h5-6,8,22H,4,7H2,1-3H3/b11-6-. The minimum atomic E-state index is -0.652. The molecule has 1 aliphatic heterocycles. The van der Waals surface area contributed by atoms with Crippen molar-refractivity contribution in [2.75, 3.05) is 13.2 Å². The van der Waals surface area contributed by atoms with Gasteiger partial charge >= 0.3 is 5.97 Å². The molecule has 1 aromatic carbocycles. The highest BCUT2D eigenvalue weighted by Crippen LogP contribution is 2.43. The summed E-state index contributed by atoms with van der Waals surface area (Å²) in [5, 5.41) is 9.54. The SMILES string of the molecule is CCOc1cc(/C=C2\SC(=O)N(CC(=O)OC(C)C)C2=O)c(Br)c(Br)c1O. The van der Waals surface area contributed by atoms with E-state index >= 15 is 0 Å². The minimum Gasteiger partial charge on any atom is -0.503 e. The first-order valence-electron chi connectivity index (χ1n) is 7.94. The molecule has 2 amide bonds. The van der Waals surface area contributed by atoms with Crippen LogP contribution in [-0.2, 0) is 14.3 Å². The Labute approximate surface area is 177 Å². The number of nitrogens with zero attached hydrogens (tertiary/aromatic N) is 1. The van der Waals surface area contributed by atoms with Crippen LogP contribution in [0.2, 0.25) is 0 Å². The van der Waals surface area contributed by atoms with Gasteiger partial charge in [0.25, 0.3) is 11.1 Å². The summed E-state index contributed by atoms with van der Waals surface area (Å²) in [5.41, 5.74) is 0.526. The first kappa shape index (κ1) is 21.8. The number of phenols is 1. The molecule has 146 valence electrons. The van der Waals surface area contributed by atoms with Crippen LogP contribution >= 0.6 is 43.6 Å². The zero-order valence-corrected chi connectivity index (χ0v) is 18.7. The van der Waals surface area contributed by atoms with Crippen LogP contribution in [0, 0.1) is 0 Å². The monoisotopic (exact) mass is 521 g/mol. The predicted molar refractivity (Wildman–Crippen MR) is 109 cm³/mol. The van der Waals surface area contributed by atoms with Gasteiger partial charge in [0.15, 0.2) is 11.5 Å². The number of aromatic hydroxyl groups is 1. The fraction of sp³-hybridized carbons (Fsp3) is 0.353. The van der Waals surface area contributed by atoms with E-state index in [2.05, 4.69) is 31.9 Å². The van der Waals surface area contributed by atoms with Gasteiger partial charge in [0.1, 0.15) is 6.54 Å². The maximum absolute atomic E-state index is 12.5. The van der Waals surface area contributed by atoms with E-state index in [9.17, 15) is 19.5 Å².